The molecule has 2 aromatic carbocycles. The number of nitrogens with two attached hydrogens (primary N) is 1. The highest BCUT2D eigenvalue weighted by atomic mass is 19.1. The molecule has 15 heavy (non-hydrogen) atoms. The molecule has 0 unspecified atom stereocenters. The van der Waals surface area contributed by atoms with Crippen molar-refractivity contribution in [2.45, 2.75) is 18.8 Å². The molecule has 0 bridgehead atoms. The van der Waals surface area contributed by atoms with Gasteiger partial charge < -0.3 is 5.73 Å². The van der Waals surface area contributed by atoms with Crippen molar-refractivity contribution in [1.82, 2.24) is 0 Å². The normalized spacial score (nSPS) is 15.8. The Kier molecular flexibility index (Phi) is 1.72. The van der Waals surface area contributed by atoms with Gasteiger partial charge in [-0.25, -0.2) is 4.39 Å². The van der Waals surface area contributed by atoms with Crippen LogP contribution in [-0.4, -0.2) is 0 Å². The predicted octanol–water partition coefficient (Wildman–Crippen LogP) is 3.44. The number of hydrogen-bond donors (Lipinski definition) is 1. The van der Waals surface area contributed by atoms with E-state index in [0.29, 0.717) is 5.92 Å². The summed E-state index contributed by atoms with van der Waals surface area (Å²) in [5.74, 6) is 0.435. The number of hydrogen-bond acceptors (Lipinski definition) is 1. The Morgan fingerprint density at radius 1 is 1.07 bits per heavy atom. The van der Waals surface area contributed by atoms with Crippen LogP contribution in [0.3, 0.4) is 0 Å². The van der Waals surface area contributed by atoms with Crippen molar-refractivity contribution in [3.8, 4) is 0 Å². The molecular formula is C13H12FN. The van der Waals surface area contributed by atoms with Crippen molar-refractivity contribution in [1.29, 1.82) is 0 Å². The highest BCUT2D eigenvalue weighted by Gasteiger charge is 2.25. The number of benzene rings is 2. The van der Waals surface area contributed by atoms with E-state index in [4.69, 9.17) is 5.73 Å². The SMILES string of the molecule is Nc1ccc(C2CC2)c2cc(F)ccc12. The van der Waals surface area contributed by atoms with E-state index in [-0.39, 0.29) is 5.82 Å². The largest absolute Gasteiger partial charge is 0.398 e. The Balaban J connectivity index is 2.35. The Bertz CT molecular complexity index is 529. The average Bonchev–Trinajstić information content (AvgIpc) is 3.02. The second-order valence-electron chi connectivity index (χ2n) is 4.21. The molecule has 0 aromatic heterocycles. The van der Waals surface area contributed by atoms with Gasteiger partial charge >= 0.3 is 0 Å². The van der Waals surface area contributed by atoms with Gasteiger partial charge in [0.05, 0.1) is 0 Å². The summed E-state index contributed by atoms with van der Waals surface area (Å²) in [6, 6.07) is 8.79. The van der Waals surface area contributed by atoms with Crippen LogP contribution in [0.4, 0.5) is 10.1 Å². The fourth-order valence-corrected chi connectivity index (χ4v) is 2.12. The number of halogens is 1. The van der Waals surface area contributed by atoms with Crippen molar-refractivity contribution in [3.63, 3.8) is 0 Å². The molecule has 0 heterocycles. The van der Waals surface area contributed by atoms with Crippen LogP contribution >= 0.6 is 0 Å². The fourth-order valence-electron chi connectivity index (χ4n) is 2.12. The summed E-state index contributed by atoms with van der Waals surface area (Å²) in [4.78, 5) is 0. The second-order valence-corrected chi connectivity index (χ2v) is 4.21. The van der Waals surface area contributed by atoms with Crippen molar-refractivity contribution in [3.05, 3.63) is 41.7 Å². The summed E-state index contributed by atoms with van der Waals surface area (Å²) in [6.07, 6.45) is 2.44. The Labute approximate surface area is 87.7 Å². The van der Waals surface area contributed by atoms with E-state index < -0.39 is 0 Å². The molecule has 0 saturated heterocycles. The van der Waals surface area contributed by atoms with Crippen LogP contribution in [0, 0.1) is 5.82 Å². The molecule has 0 amide bonds. The van der Waals surface area contributed by atoms with Gasteiger partial charge in [0.2, 0.25) is 0 Å². The minimum atomic E-state index is -0.185. The maximum absolute atomic E-state index is 13.2. The first kappa shape index (κ1) is 8.72. The molecule has 1 aliphatic carbocycles. The van der Waals surface area contributed by atoms with Gasteiger partial charge in [0.15, 0.2) is 0 Å². The molecule has 76 valence electrons. The van der Waals surface area contributed by atoms with E-state index >= 15 is 0 Å². The van der Waals surface area contributed by atoms with E-state index in [2.05, 4.69) is 0 Å². The summed E-state index contributed by atoms with van der Waals surface area (Å²) in [5.41, 5.74) is 7.85. The highest BCUT2D eigenvalue weighted by molar-refractivity contribution is 5.95. The maximum atomic E-state index is 13.2. The zero-order valence-electron chi connectivity index (χ0n) is 8.33. The smallest absolute Gasteiger partial charge is 0.123 e. The number of nitrogen functional groups attached to an aromatic ring is 1. The van der Waals surface area contributed by atoms with Crippen LogP contribution in [0.15, 0.2) is 30.3 Å². The molecule has 2 heteroatoms. The third-order valence-corrected chi connectivity index (χ3v) is 3.06. The third-order valence-electron chi connectivity index (χ3n) is 3.06. The molecule has 0 radical (unpaired) electrons. The van der Waals surface area contributed by atoms with E-state index in [1.54, 1.807) is 12.1 Å². The minimum Gasteiger partial charge on any atom is -0.398 e. The second kappa shape index (κ2) is 2.96. The average molecular weight is 201 g/mol. The van der Waals surface area contributed by atoms with E-state index in [9.17, 15) is 4.39 Å². The Morgan fingerprint density at radius 2 is 1.87 bits per heavy atom. The van der Waals surface area contributed by atoms with Gasteiger partial charge in [0.25, 0.3) is 0 Å². The fraction of sp³-hybridized carbons (Fsp3) is 0.231. The predicted molar refractivity (Wildman–Crippen MR) is 60.3 cm³/mol. The monoisotopic (exact) mass is 201 g/mol. The van der Waals surface area contributed by atoms with Crippen LogP contribution in [0.5, 0.6) is 0 Å². The van der Waals surface area contributed by atoms with E-state index in [1.165, 1.54) is 24.5 Å². The molecule has 2 N–H and O–H groups in total. The molecule has 3 rings (SSSR count). The number of anilines is 1. The van der Waals surface area contributed by atoms with Gasteiger partial charge in [0, 0.05) is 11.1 Å². The van der Waals surface area contributed by atoms with Gasteiger partial charge in [-0.3, -0.25) is 0 Å². The van der Waals surface area contributed by atoms with Crippen LogP contribution < -0.4 is 5.73 Å². The van der Waals surface area contributed by atoms with Crippen LogP contribution in [-0.2, 0) is 0 Å². The molecule has 1 nitrogen and oxygen atoms in total. The van der Waals surface area contributed by atoms with Crippen molar-refractivity contribution < 1.29 is 4.39 Å². The van der Waals surface area contributed by atoms with Gasteiger partial charge in [-0.15, -0.1) is 0 Å². The first-order chi connectivity index (χ1) is 7.25. The van der Waals surface area contributed by atoms with Gasteiger partial charge in [-0.2, -0.15) is 0 Å². The van der Waals surface area contributed by atoms with Crippen LogP contribution in [0.1, 0.15) is 24.3 Å². The third kappa shape index (κ3) is 1.37. The van der Waals surface area contributed by atoms with Gasteiger partial charge in [-0.1, -0.05) is 6.07 Å². The van der Waals surface area contributed by atoms with E-state index in [0.717, 1.165) is 16.5 Å². The van der Waals surface area contributed by atoms with Gasteiger partial charge in [-0.05, 0) is 54.0 Å². The molecule has 1 saturated carbocycles. The van der Waals surface area contributed by atoms with Crippen molar-refractivity contribution in [2.75, 3.05) is 5.73 Å². The quantitative estimate of drug-likeness (QED) is 0.703. The highest BCUT2D eigenvalue weighted by Crippen LogP contribution is 2.44. The van der Waals surface area contributed by atoms with Crippen LogP contribution in [0.2, 0.25) is 0 Å². The Morgan fingerprint density at radius 3 is 2.60 bits per heavy atom. The standard InChI is InChI=1S/C13H12FN/c14-9-3-4-11-12(7-9)10(8-1-2-8)5-6-13(11)15/h3-8H,1-2,15H2. The van der Waals surface area contributed by atoms with Crippen molar-refractivity contribution in [2.24, 2.45) is 0 Å². The lowest BCUT2D eigenvalue weighted by molar-refractivity contribution is 0.629. The lowest BCUT2D eigenvalue weighted by Crippen LogP contribution is -1.91. The lowest BCUT2D eigenvalue weighted by atomic mass is 10.00. The zero-order valence-corrected chi connectivity index (χ0v) is 8.33. The summed E-state index contributed by atoms with van der Waals surface area (Å²) < 4.78 is 13.2. The van der Waals surface area contributed by atoms with Crippen molar-refractivity contribution >= 4 is 16.5 Å². The lowest BCUT2D eigenvalue weighted by Gasteiger charge is -2.07. The molecule has 0 spiro atoms. The molecular weight excluding hydrogens is 189 g/mol. The Hall–Kier alpha value is -1.57. The summed E-state index contributed by atoms with van der Waals surface area (Å²) in [6.45, 7) is 0. The molecule has 1 fully saturated rings. The molecule has 1 aliphatic rings. The molecule has 0 aliphatic heterocycles. The topological polar surface area (TPSA) is 26.0 Å². The number of fused-ring (bicyclic) bond motifs is 1. The number of rotatable bonds is 1. The zero-order chi connectivity index (χ0) is 10.4. The minimum absolute atomic E-state index is 0.185. The van der Waals surface area contributed by atoms with E-state index in [1.807, 2.05) is 12.1 Å². The van der Waals surface area contributed by atoms with Crippen LogP contribution in [0.25, 0.3) is 10.8 Å². The van der Waals surface area contributed by atoms with Gasteiger partial charge in [0.1, 0.15) is 5.82 Å². The molecule has 2 aromatic rings. The first-order valence-corrected chi connectivity index (χ1v) is 5.23. The summed E-state index contributed by atoms with van der Waals surface area (Å²) in [5, 5.41) is 1.96. The first-order valence-electron chi connectivity index (χ1n) is 5.23. The summed E-state index contributed by atoms with van der Waals surface area (Å²) >= 11 is 0. The molecule has 0 atom stereocenters. The summed E-state index contributed by atoms with van der Waals surface area (Å²) in [7, 11) is 0. The maximum Gasteiger partial charge on any atom is 0.123 e.